The first-order valence-electron chi connectivity index (χ1n) is 9.84. The highest BCUT2D eigenvalue weighted by molar-refractivity contribution is 6.03. The molecule has 2 aromatic heterocycles. The smallest absolute Gasteiger partial charge is 0.265 e. The molecule has 29 heavy (non-hydrogen) atoms. The van der Waals surface area contributed by atoms with Crippen LogP contribution >= 0.6 is 0 Å². The molecule has 8 nitrogen and oxygen atoms in total. The quantitative estimate of drug-likeness (QED) is 0.636. The Morgan fingerprint density at radius 2 is 2.07 bits per heavy atom. The molecule has 0 radical (unpaired) electrons. The van der Waals surface area contributed by atoms with Crippen molar-refractivity contribution < 1.29 is 14.3 Å². The summed E-state index contributed by atoms with van der Waals surface area (Å²) in [5, 5.41) is 19.2. The number of aryl methyl sites for hydroxylation is 1. The van der Waals surface area contributed by atoms with E-state index in [1.54, 1.807) is 23.9 Å². The van der Waals surface area contributed by atoms with Crippen molar-refractivity contribution in [2.24, 2.45) is 13.0 Å². The van der Waals surface area contributed by atoms with Crippen LogP contribution in [0.25, 0.3) is 22.0 Å². The predicted octanol–water partition coefficient (Wildman–Crippen LogP) is 2.95. The largest absolute Gasteiger partial charge is 0.497 e. The van der Waals surface area contributed by atoms with E-state index in [1.165, 1.54) is 0 Å². The minimum absolute atomic E-state index is 0.0934. The average molecular weight is 393 g/mol. The van der Waals surface area contributed by atoms with Gasteiger partial charge in [0.1, 0.15) is 11.3 Å². The second-order valence-electron chi connectivity index (χ2n) is 7.78. The molecule has 1 aliphatic heterocycles. The highest BCUT2D eigenvalue weighted by atomic mass is 16.5. The Morgan fingerprint density at radius 1 is 1.28 bits per heavy atom. The Hall–Kier alpha value is -3.29. The van der Waals surface area contributed by atoms with Crippen LogP contribution in [-0.2, 0) is 11.8 Å². The van der Waals surface area contributed by atoms with E-state index in [-0.39, 0.29) is 11.8 Å². The summed E-state index contributed by atoms with van der Waals surface area (Å²) in [7, 11) is 3.42. The highest BCUT2D eigenvalue weighted by Crippen LogP contribution is 2.46. The maximum Gasteiger partial charge on any atom is 0.265 e. The van der Waals surface area contributed by atoms with Gasteiger partial charge in [-0.05, 0) is 18.9 Å². The second kappa shape index (κ2) is 6.65. The number of carbonyl (C=O) groups is 1. The van der Waals surface area contributed by atoms with Gasteiger partial charge in [0.2, 0.25) is 0 Å². The summed E-state index contributed by atoms with van der Waals surface area (Å²) in [6, 6.07) is 3.69. The van der Waals surface area contributed by atoms with Crippen molar-refractivity contribution in [2.75, 3.05) is 12.4 Å². The van der Waals surface area contributed by atoms with Gasteiger partial charge in [0, 0.05) is 41.7 Å². The Labute approximate surface area is 167 Å². The van der Waals surface area contributed by atoms with Crippen molar-refractivity contribution in [1.29, 1.82) is 5.41 Å². The lowest BCUT2D eigenvalue weighted by molar-refractivity contribution is -0.125. The molecule has 1 unspecified atom stereocenters. The molecule has 3 N–H and O–H groups in total. The van der Waals surface area contributed by atoms with Crippen LogP contribution in [0.2, 0.25) is 0 Å². The summed E-state index contributed by atoms with van der Waals surface area (Å²) in [6.45, 7) is 0. The van der Waals surface area contributed by atoms with Gasteiger partial charge < -0.3 is 19.4 Å². The van der Waals surface area contributed by atoms with E-state index in [0.29, 0.717) is 28.2 Å². The molecule has 0 bridgehead atoms. The van der Waals surface area contributed by atoms with Crippen molar-refractivity contribution in [3.8, 4) is 22.6 Å². The highest BCUT2D eigenvalue weighted by Gasteiger charge is 2.37. The number of pyridine rings is 1. The lowest BCUT2D eigenvalue weighted by Gasteiger charge is -2.31. The normalized spacial score (nSPS) is 19.1. The van der Waals surface area contributed by atoms with E-state index in [0.717, 1.165) is 42.2 Å². The van der Waals surface area contributed by atoms with Gasteiger partial charge in [-0.2, -0.15) is 5.10 Å². The van der Waals surface area contributed by atoms with E-state index < -0.39 is 6.10 Å². The maximum absolute atomic E-state index is 12.7. The minimum Gasteiger partial charge on any atom is -0.497 e. The van der Waals surface area contributed by atoms with Gasteiger partial charge in [0.05, 0.1) is 19.0 Å². The molecule has 150 valence electrons. The van der Waals surface area contributed by atoms with E-state index in [2.05, 4.69) is 15.5 Å². The third-order valence-corrected chi connectivity index (χ3v) is 6.02. The van der Waals surface area contributed by atoms with Crippen LogP contribution in [0.3, 0.4) is 0 Å². The number of H-pyrrole nitrogens is 1. The van der Waals surface area contributed by atoms with Crippen molar-refractivity contribution in [3.05, 3.63) is 30.0 Å². The van der Waals surface area contributed by atoms with Crippen molar-refractivity contribution in [2.45, 2.75) is 31.8 Å². The Bertz CT molecular complexity index is 1170. The zero-order chi connectivity index (χ0) is 20.1. The van der Waals surface area contributed by atoms with Gasteiger partial charge in [0.15, 0.2) is 17.3 Å². The van der Waals surface area contributed by atoms with E-state index >= 15 is 0 Å². The van der Waals surface area contributed by atoms with E-state index in [4.69, 9.17) is 14.9 Å². The fourth-order valence-electron chi connectivity index (χ4n) is 4.48. The van der Waals surface area contributed by atoms with Crippen LogP contribution in [0, 0.1) is 11.3 Å². The van der Waals surface area contributed by atoms with Gasteiger partial charge in [-0.3, -0.25) is 15.3 Å². The summed E-state index contributed by atoms with van der Waals surface area (Å²) in [5.74, 6) is 1.40. The topological polar surface area (TPSA) is 105 Å². The number of fused-ring (bicyclic) bond motifs is 2. The Morgan fingerprint density at radius 3 is 2.83 bits per heavy atom. The first-order chi connectivity index (χ1) is 14.1. The number of methoxy groups -OCH3 is 1. The molecule has 0 spiro atoms. The van der Waals surface area contributed by atoms with Crippen molar-refractivity contribution in [3.63, 3.8) is 0 Å². The molecule has 5 rings (SSSR count). The monoisotopic (exact) mass is 393 g/mol. The molecule has 1 aromatic carbocycles. The molecular formula is C21H23N5O3. The summed E-state index contributed by atoms with van der Waals surface area (Å²) in [6.07, 6.45) is 7.40. The zero-order valence-corrected chi connectivity index (χ0v) is 16.4. The number of aromatic amines is 1. The van der Waals surface area contributed by atoms with Gasteiger partial charge in [-0.25, -0.2) is 0 Å². The Balaban J connectivity index is 1.72. The summed E-state index contributed by atoms with van der Waals surface area (Å²) >= 11 is 0. The van der Waals surface area contributed by atoms with Crippen molar-refractivity contribution >= 4 is 22.5 Å². The average Bonchev–Trinajstić information content (AvgIpc) is 3.41. The molecule has 1 fully saturated rings. The number of anilines is 1. The number of ether oxygens (including phenoxy) is 2. The summed E-state index contributed by atoms with van der Waals surface area (Å²) in [4.78, 5) is 12.7. The molecular weight excluding hydrogens is 370 g/mol. The summed E-state index contributed by atoms with van der Waals surface area (Å²) < 4.78 is 13.6. The van der Waals surface area contributed by atoms with Gasteiger partial charge in [-0.1, -0.05) is 12.8 Å². The lowest BCUT2D eigenvalue weighted by atomic mass is 9.96. The standard InChI is InChI=1S/C21H23N5O3/c1-26-10-15(14-9-23-25-17(14)20(26)22)13-7-12(28-2)8-16-19(13)29-18(21(27)24-16)11-5-3-4-6-11/h7-11,18,22H,3-6H2,1-2H3,(H,23,25)(H,24,27). The zero-order valence-electron chi connectivity index (χ0n) is 16.4. The number of benzene rings is 1. The van der Waals surface area contributed by atoms with Crippen LogP contribution in [0.15, 0.2) is 24.5 Å². The molecule has 1 saturated carbocycles. The number of rotatable bonds is 3. The number of nitrogens with one attached hydrogen (secondary N) is 3. The molecule has 1 atom stereocenters. The van der Waals surface area contributed by atoms with E-state index in [1.807, 2.05) is 19.3 Å². The number of hydrogen-bond donors (Lipinski definition) is 3. The van der Waals surface area contributed by atoms with Crippen LogP contribution in [0.1, 0.15) is 25.7 Å². The molecule has 1 amide bonds. The fourth-order valence-corrected chi connectivity index (χ4v) is 4.48. The number of nitrogens with zero attached hydrogens (tertiary/aromatic N) is 2. The molecule has 0 saturated heterocycles. The number of amides is 1. The molecule has 2 aliphatic rings. The van der Waals surface area contributed by atoms with Gasteiger partial charge >= 0.3 is 0 Å². The number of hydrogen-bond acceptors (Lipinski definition) is 5. The predicted molar refractivity (Wildman–Crippen MR) is 108 cm³/mol. The maximum atomic E-state index is 12.7. The number of carbonyl (C=O) groups excluding carboxylic acids is 1. The first kappa shape index (κ1) is 17.8. The molecule has 3 heterocycles. The lowest BCUT2D eigenvalue weighted by Crippen LogP contribution is -2.41. The molecule has 3 aromatic rings. The first-order valence-corrected chi connectivity index (χ1v) is 9.84. The van der Waals surface area contributed by atoms with Crippen LogP contribution in [0.5, 0.6) is 11.5 Å². The van der Waals surface area contributed by atoms with Gasteiger partial charge in [0.25, 0.3) is 5.91 Å². The third kappa shape index (κ3) is 2.78. The fraction of sp³-hybridized carbons (Fsp3) is 0.381. The molecule has 8 heteroatoms. The SMILES string of the molecule is COc1cc2c(c(-c3cn(C)c(=N)c4[nH]ncc34)c1)OC(C1CCCC1)C(=O)N2. The summed E-state index contributed by atoms with van der Waals surface area (Å²) in [5.41, 5.74) is 3.27. The van der Waals surface area contributed by atoms with E-state index in [9.17, 15) is 4.79 Å². The van der Waals surface area contributed by atoms with Gasteiger partial charge in [-0.15, -0.1) is 0 Å². The minimum atomic E-state index is -0.485. The van der Waals surface area contributed by atoms with Crippen LogP contribution in [0.4, 0.5) is 5.69 Å². The van der Waals surface area contributed by atoms with Crippen molar-refractivity contribution in [1.82, 2.24) is 14.8 Å². The van der Waals surface area contributed by atoms with Crippen LogP contribution < -0.4 is 20.3 Å². The molecule has 1 aliphatic carbocycles. The third-order valence-electron chi connectivity index (χ3n) is 6.02. The second-order valence-corrected chi connectivity index (χ2v) is 7.78. The Kier molecular flexibility index (Phi) is 4.08. The van der Waals surface area contributed by atoms with Crippen LogP contribution in [-0.4, -0.2) is 33.9 Å². The number of aromatic nitrogens is 3.